The number of piperidine rings is 1. The first-order valence-electron chi connectivity index (χ1n) is 7.57. The molecule has 2 heterocycles. The number of carbonyl (C=O) groups excluding carboxylic acids is 3. The van der Waals surface area contributed by atoms with Gasteiger partial charge < -0.3 is 10.6 Å². The van der Waals surface area contributed by atoms with E-state index < -0.39 is 17.9 Å². The van der Waals surface area contributed by atoms with Crippen molar-refractivity contribution in [2.45, 2.75) is 31.8 Å². The van der Waals surface area contributed by atoms with Crippen LogP contribution < -0.4 is 10.6 Å². The number of halogens is 1. The maximum Gasteiger partial charge on any atom is 0.262 e. The fourth-order valence-electron chi connectivity index (χ4n) is 2.97. The number of imide groups is 1. The van der Waals surface area contributed by atoms with Gasteiger partial charge in [-0.1, -0.05) is 12.1 Å². The molecule has 2 aliphatic rings. The molecule has 0 aliphatic carbocycles. The largest absolute Gasteiger partial charge is 0.350 e. The number of carbonyl (C=O) groups is 3. The first-order chi connectivity index (χ1) is 10.6. The summed E-state index contributed by atoms with van der Waals surface area (Å²) in [6.07, 6.45) is 1.92. The second kappa shape index (κ2) is 7.10. The molecule has 2 atom stereocenters. The number of rotatable bonds is 3. The van der Waals surface area contributed by atoms with E-state index in [2.05, 4.69) is 10.6 Å². The molecule has 0 radical (unpaired) electrons. The molecule has 2 aliphatic heterocycles. The van der Waals surface area contributed by atoms with E-state index in [1.165, 1.54) is 0 Å². The van der Waals surface area contributed by atoms with Crippen LogP contribution in [0.1, 0.15) is 40.5 Å². The van der Waals surface area contributed by atoms with E-state index in [-0.39, 0.29) is 24.4 Å². The van der Waals surface area contributed by atoms with Crippen molar-refractivity contribution >= 4 is 30.1 Å². The Morgan fingerprint density at radius 3 is 2.39 bits per heavy atom. The second-order valence-electron chi connectivity index (χ2n) is 5.75. The Kier molecular flexibility index (Phi) is 5.38. The Balaban J connectivity index is 0.00000192. The third-order valence-corrected chi connectivity index (χ3v) is 4.24. The van der Waals surface area contributed by atoms with Gasteiger partial charge in [-0.3, -0.25) is 19.3 Å². The van der Waals surface area contributed by atoms with Gasteiger partial charge in [0.15, 0.2) is 0 Å². The van der Waals surface area contributed by atoms with Crippen LogP contribution in [0.15, 0.2) is 24.3 Å². The molecule has 124 valence electrons. The van der Waals surface area contributed by atoms with Crippen LogP contribution in [0.4, 0.5) is 0 Å². The van der Waals surface area contributed by atoms with E-state index in [0.717, 1.165) is 30.8 Å². The van der Waals surface area contributed by atoms with Gasteiger partial charge in [0.25, 0.3) is 11.8 Å². The minimum Gasteiger partial charge on any atom is -0.350 e. The van der Waals surface area contributed by atoms with Crippen LogP contribution in [0, 0.1) is 0 Å². The molecule has 23 heavy (non-hydrogen) atoms. The van der Waals surface area contributed by atoms with Crippen molar-refractivity contribution in [3.8, 4) is 0 Å². The van der Waals surface area contributed by atoms with Gasteiger partial charge >= 0.3 is 0 Å². The summed E-state index contributed by atoms with van der Waals surface area (Å²) in [5.74, 6) is -1.08. The number of nitrogens with one attached hydrogen (secondary N) is 2. The van der Waals surface area contributed by atoms with Crippen LogP contribution in [0.25, 0.3) is 0 Å². The smallest absolute Gasteiger partial charge is 0.262 e. The lowest BCUT2D eigenvalue weighted by Gasteiger charge is -2.27. The fourth-order valence-corrected chi connectivity index (χ4v) is 2.97. The zero-order chi connectivity index (χ0) is 15.7. The zero-order valence-electron chi connectivity index (χ0n) is 12.9. The third-order valence-electron chi connectivity index (χ3n) is 4.24. The SMILES string of the molecule is CC(C(=O)NC1CCCNC1)N1C(=O)c2ccccc2C1=O.Cl. The molecule has 1 fully saturated rings. The molecule has 2 unspecified atom stereocenters. The topological polar surface area (TPSA) is 78.5 Å². The van der Waals surface area contributed by atoms with Gasteiger partial charge in [-0.25, -0.2) is 0 Å². The minimum atomic E-state index is -0.811. The van der Waals surface area contributed by atoms with Gasteiger partial charge in [-0.15, -0.1) is 12.4 Å². The predicted octanol–water partition coefficient (Wildman–Crippen LogP) is 0.961. The molecule has 0 aromatic heterocycles. The Bertz CT molecular complexity index is 594. The summed E-state index contributed by atoms with van der Waals surface area (Å²) in [6.45, 7) is 3.27. The quantitative estimate of drug-likeness (QED) is 0.805. The monoisotopic (exact) mass is 337 g/mol. The van der Waals surface area contributed by atoms with Crippen molar-refractivity contribution in [1.82, 2.24) is 15.5 Å². The van der Waals surface area contributed by atoms with Crippen molar-refractivity contribution in [3.05, 3.63) is 35.4 Å². The first kappa shape index (κ1) is 17.4. The van der Waals surface area contributed by atoms with E-state index >= 15 is 0 Å². The predicted molar refractivity (Wildman–Crippen MR) is 87.7 cm³/mol. The van der Waals surface area contributed by atoms with Crippen LogP contribution in [0.2, 0.25) is 0 Å². The summed E-state index contributed by atoms with van der Waals surface area (Å²) in [4.78, 5) is 38.1. The number of hydrogen-bond donors (Lipinski definition) is 2. The van der Waals surface area contributed by atoms with E-state index in [4.69, 9.17) is 0 Å². The maximum atomic E-state index is 12.4. The summed E-state index contributed by atoms with van der Waals surface area (Å²) < 4.78 is 0. The van der Waals surface area contributed by atoms with Gasteiger partial charge in [0.1, 0.15) is 6.04 Å². The maximum absolute atomic E-state index is 12.4. The molecule has 3 rings (SSSR count). The number of hydrogen-bond acceptors (Lipinski definition) is 4. The lowest BCUT2D eigenvalue weighted by atomic mass is 10.1. The summed E-state index contributed by atoms with van der Waals surface area (Å²) in [7, 11) is 0. The van der Waals surface area contributed by atoms with Crippen LogP contribution >= 0.6 is 12.4 Å². The first-order valence-corrected chi connectivity index (χ1v) is 7.57. The summed E-state index contributed by atoms with van der Waals surface area (Å²) >= 11 is 0. The molecular formula is C16H20ClN3O3. The van der Waals surface area contributed by atoms with E-state index in [1.54, 1.807) is 31.2 Å². The number of nitrogens with zero attached hydrogens (tertiary/aromatic N) is 1. The lowest BCUT2D eigenvalue weighted by Crippen LogP contribution is -2.53. The standard InChI is InChI=1S/C16H19N3O3.ClH/c1-10(14(20)18-11-5-4-8-17-9-11)19-15(21)12-6-2-3-7-13(12)16(19)22;/h2-3,6-7,10-11,17H,4-5,8-9H2,1H3,(H,18,20);1H. The molecule has 0 saturated carbocycles. The highest BCUT2D eigenvalue weighted by molar-refractivity contribution is 6.22. The fraction of sp³-hybridized carbons (Fsp3) is 0.438. The summed E-state index contributed by atoms with van der Waals surface area (Å²) in [5, 5.41) is 6.13. The van der Waals surface area contributed by atoms with Crippen molar-refractivity contribution in [3.63, 3.8) is 0 Å². The summed E-state index contributed by atoms with van der Waals surface area (Å²) in [6, 6.07) is 5.90. The molecule has 3 amide bonds. The Morgan fingerprint density at radius 1 is 1.26 bits per heavy atom. The van der Waals surface area contributed by atoms with E-state index in [0.29, 0.717) is 11.1 Å². The average Bonchev–Trinajstić information content (AvgIpc) is 2.79. The average molecular weight is 338 g/mol. The van der Waals surface area contributed by atoms with Gasteiger partial charge in [-0.05, 0) is 38.4 Å². The summed E-state index contributed by atoms with van der Waals surface area (Å²) in [5.41, 5.74) is 0.734. The molecule has 0 bridgehead atoms. The van der Waals surface area contributed by atoms with Crippen molar-refractivity contribution in [2.24, 2.45) is 0 Å². The Morgan fingerprint density at radius 2 is 1.87 bits per heavy atom. The normalized spacial score (nSPS) is 21.4. The number of benzene rings is 1. The minimum absolute atomic E-state index is 0. The number of fused-ring (bicyclic) bond motifs is 1. The Labute approximate surface area is 141 Å². The van der Waals surface area contributed by atoms with Gasteiger partial charge in [0.05, 0.1) is 11.1 Å². The highest BCUT2D eigenvalue weighted by Crippen LogP contribution is 2.24. The van der Waals surface area contributed by atoms with Crippen LogP contribution in [-0.4, -0.2) is 47.8 Å². The van der Waals surface area contributed by atoms with E-state index in [9.17, 15) is 14.4 Å². The van der Waals surface area contributed by atoms with Crippen LogP contribution in [0.3, 0.4) is 0 Å². The van der Waals surface area contributed by atoms with Crippen LogP contribution in [0.5, 0.6) is 0 Å². The number of amides is 3. The molecule has 0 spiro atoms. The molecule has 7 heteroatoms. The van der Waals surface area contributed by atoms with Gasteiger partial charge in [-0.2, -0.15) is 0 Å². The lowest BCUT2D eigenvalue weighted by molar-refractivity contribution is -0.125. The van der Waals surface area contributed by atoms with Gasteiger partial charge in [0, 0.05) is 12.6 Å². The molecule has 1 aromatic rings. The third kappa shape index (κ3) is 3.23. The van der Waals surface area contributed by atoms with Crippen molar-refractivity contribution < 1.29 is 14.4 Å². The van der Waals surface area contributed by atoms with Crippen LogP contribution in [-0.2, 0) is 4.79 Å². The zero-order valence-corrected chi connectivity index (χ0v) is 13.7. The molecular weight excluding hydrogens is 318 g/mol. The second-order valence-corrected chi connectivity index (χ2v) is 5.75. The molecule has 1 aromatic carbocycles. The van der Waals surface area contributed by atoms with E-state index in [1.807, 2.05) is 0 Å². The molecule has 1 saturated heterocycles. The molecule has 6 nitrogen and oxygen atoms in total. The highest BCUT2D eigenvalue weighted by atomic mass is 35.5. The Hall–Kier alpha value is -1.92. The van der Waals surface area contributed by atoms with Crippen molar-refractivity contribution in [2.75, 3.05) is 13.1 Å². The van der Waals surface area contributed by atoms with Crippen molar-refractivity contribution in [1.29, 1.82) is 0 Å². The highest BCUT2D eigenvalue weighted by Gasteiger charge is 2.40. The van der Waals surface area contributed by atoms with Gasteiger partial charge in [0.2, 0.25) is 5.91 Å². The molecule has 2 N–H and O–H groups in total.